The van der Waals surface area contributed by atoms with E-state index in [0.29, 0.717) is 17.2 Å². The van der Waals surface area contributed by atoms with Crippen molar-refractivity contribution in [2.75, 3.05) is 13.4 Å². The van der Waals surface area contributed by atoms with Gasteiger partial charge in [-0.2, -0.15) is 0 Å². The molecule has 8 heteroatoms. The summed E-state index contributed by atoms with van der Waals surface area (Å²) in [6, 6.07) is 5.35. The summed E-state index contributed by atoms with van der Waals surface area (Å²) < 4.78 is 21.3. The zero-order valence-electron chi connectivity index (χ0n) is 16.4. The predicted octanol–water partition coefficient (Wildman–Crippen LogP) is 2.98. The van der Waals surface area contributed by atoms with Crippen molar-refractivity contribution in [2.24, 2.45) is 0 Å². The van der Waals surface area contributed by atoms with Crippen LogP contribution < -0.4 is 9.47 Å². The van der Waals surface area contributed by atoms with Gasteiger partial charge in [0.15, 0.2) is 11.5 Å². The minimum atomic E-state index is -0.621. The van der Waals surface area contributed by atoms with Crippen molar-refractivity contribution in [3.05, 3.63) is 41.5 Å². The second-order valence-corrected chi connectivity index (χ2v) is 7.38. The SMILES string of the molecule is CCOC(=O)C(Cc1cnc(C(=O)OC(C)(C)C)[nH]1)c1ccc2c(c1)OCO2. The van der Waals surface area contributed by atoms with Crippen LogP contribution in [0.25, 0.3) is 0 Å². The molecule has 1 aromatic carbocycles. The van der Waals surface area contributed by atoms with E-state index in [1.807, 2.05) is 0 Å². The summed E-state index contributed by atoms with van der Waals surface area (Å²) in [5.41, 5.74) is 0.733. The number of aromatic nitrogens is 2. The summed E-state index contributed by atoms with van der Waals surface area (Å²) in [4.78, 5) is 31.7. The standard InChI is InChI=1S/C20H24N2O6/c1-5-25-18(23)14(12-6-7-15-16(8-12)27-11-26-15)9-13-10-21-17(22-13)19(24)28-20(2,3)4/h6-8,10,14H,5,9,11H2,1-4H3,(H,21,22). The zero-order valence-corrected chi connectivity index (χ0v) is 16.4. The molecule has 28 heavy (non-hydrogen) atoms. The molecule has 0 amide bonds. The molecular formula is C20H24N2O6. The third kappa shape index (κ3) is 4.62. The Morgan fingerprint density at radius 3 is 2.71 bits per heavy atom. The average Bonchev–Trinajstić information content (AvgIpc) is 3.27. The third-order valence-electron chi connectivity index (χ3n) is 4.01. The molecule has 1 N–H and O–H groups in total. The maximum absolute atomic E-state index is 12.6. The van der Waals surface area contributed by atoms with Crippen LogP contribution in [-0.4, -0.2) is 40.9 Å². The largest absolute Gasteiger partial charge is 0.466 e. The molecule has 2 aromatic rings. The van der Waals surface area contributed by atoms with Gasteiger partial charge in [0.2, 0.25) is 12.6 Å². The van der Waals surface area contributed by atoms with Crippen LogP contribution in [0.5, 0.6) is 11.5 Å². The number of esters is 2. The Kier molecular flexibility index (Phi) is 5.58. The summed E-state index contributed by atoms with van der Waals surface area (Å²) >= 11 is 0. The maximum atomic E-state index is 12.6. The molecule has 0 fully saturated rings. The first kappa shape index (κ1) is 19.7. The molecule has 2 heterocycles. The van der Waals surface area contributed by atoms with Crippen LogP contribution in [0, 0.1) is 0 Å². The van der Waals surface area contributed by atoms with E-state index in [-0.39, 0.29) is 31.6 Å². The highest BCUT2D eigenvalue weighted by Gasteiger charge is 2.27. The van der Waals surface area contributed by atoms with E-state index in [4.69, 9.17) is 18.9 Å². The van der Waals surface area contributed by atoms with Gasteiger partial charge in [0.25, 0.3) is 0 Å². The fourth-order valence-corrected chi connectivity index (χ4v) is 2.82. The van der Waals surface area contributed by atoms with Gasteiger partial charge < -0.3 is 23.9 Å². The van der Waals surface area contributed by atoms with Crippen molar-refractivity contribution in [3.63, 3.8) is 0 Å². The van der Waals surface area contributed by atoms with Gasteiger partial charge >= 0.3 is 11.9 Å². The molecular weight excluding hydrogens is 364 g/mol. The lowest BCUT2D eigenvalue weighted by atomic mass is 9.94. The first-order valence-electron chi connectivity index (χ1n) is 9.10. The van der Waals surface area contributed by atoms with E-state index in [2.05, 4.69) is 9.97 Å². The fourth-order valence-electron chi connectivity index (χ4n) is 2.82. The number of hydrogen-bond acceptors (Lipinski definition) is 7. The van der Waals surface area contributed by atoms with Crippen molar-refractivity contribution in [3.8, 4) is 11.5 Å². The van der Waals surface area contributed by atoms with Crippen LogP contribution in [0.4, 0.5) is 0 Å². The van der Waals surface area contributed by atoms with Gasteiger partial charge in [-0.3, -0.25) is 4.79 Å². The Morgan fingerprint density at radius 1 is 1.25 bits per heavy atom. The topological polar surface area (TPSA) is 99.7 Å². The van der Waals surface area contributed by atoms with Crippen LogP contribution in [0.1, 0.15) is 55.5 Å². The van der Waals surface area contributed by atoms with Crippen LogP contribution in [0.15, 0.2) is 24.4 Å². The third-order valence-corrected chi connectivity index (χ3v) is 4.01. The van der Waals surface area contributed by atoms with Gasteiger partial charge in [0.1, 0.15) is 5.60 Å². The highest BCUT2D eigenvalue weighted by molar-refractivity contribution is 5.85. The molecule has 1 aliphatic rings. The number of rotatable bonds is 6. The number of imidazole rings is 1. The molecule has 0 radical (unpaired) electrons. The molecule has 0 aliphatic carbocycles. The van der Waals surface area contributed by atoms with E-state index >= 15 is 0 Å². The second kappa shape index (κ2) is 7.92. The molecule has 0 saturated heterocycles. The summed E-state index contributed by atoms with van der Waals surface area (Å²) in [5.74, 6) is -0.171. The quantitative estimate of drug-likeness (QED) is 0.759. The number of nitrogens with zero attached hydrogens (tertiary/aromatic N) is 1. The lowest BCUT2D eigenvalue weighted by Gasteiger charge is -2.18. The molecule has 1 aliphatic heterocycles. The van der Waals surface area contributed by atoms with Crippen molar-refractivity contribution < 1.29 is 28.5 Å². The van der Waals surface area contributed by atoms with Gasteiger partial charge in [-0.15, -0.1) is 0 Å². The Hall–Kier alpha value is -3.03. The monoisotopic (exact) mass is 388 g/mol. The first-order chi connectivity index (χ1) is 13.3. The number of hydrogen-bond donors (Lipinski definition) is 1. The molecule has 1 unspecified atom stereocenters. The van der Waals surface area contributed by atoms with E-state index in [1.165, 1.54) is 6.20 Å². The number of benzene rings is 1. The number of fused-ring (bicyclic) bond motifs is 1. The Bertz CT molecular complexity index is 868. The highest BCUT2D eigenvalue weighted by atomic mass is 16.7. The number of carbonyl (C=O) groups is 2. The molecule has 1 atom stereocenters. The number of H-pyrrole nitrogens is 1. The van der Waals surface area contributed by atoms with Crippen molar-refractivity contribution in [2.45, 2.75) is 45.6 Å². The smallest absolute Gasteiger partial charge is 0.374 e. The van der Waals surface area contributed by atoms with E-state index < -0.39 is 17.5 Å². The number of carbonyl (C=O) groups excluding carboxylic acids is 2. The summed E-state index contributed by atoms with van der Waals surface area (Å²) in [6.07, 6.45) is 1.81. The van der Waals surface area contributed by atoms with Crippen LogP contribution in [0.3, 0.4) is 0 Å². The Labute approximate surface area is 163 Å². The fraction of sp³-hybridized carbons (Fsp3) is 0.450. The van der Waals surface area contributed by atoms with Crippen LogP contribution >= 0.6 is 0 Å². The summed E-state index contributed by atoms with van der Waals surface area (Å²) in [6.45, 7) is 7.53. The number of aromatic amines is 1. The van der Waals surface area contributed by atoms with Gasteiger partial charge in [-0.1, -0.05) is 6.07 Å². The zero-order chi connectivity index (χ0) is 20.3. The molecule has 0 saturated carbocycles. The van der Waals surface area contributed by atoms with Gasteiger partial charge in [0.05, 0.1) is 12.5 Å². The van der Waals surface area contributed by atoms with Crippen molar-refractivity contribution in [1.82, 2.24) is 9.97 Å². The summed E-state index contributed by atoms with van der Waals surface area (Å²) in [7, 11) is 0. The van der Waals surface area contributed by atoms with Gasteiger partial charge in [-0.05, 0) is 45.4 Å². The first-order valence-corrected chi connectivity index (χ1v) is 9.10. The number of nitrogens with one attached hydrogen (secondary N) is 1. The highest BCUT2D eigenvalue weighted by Crippen LogP contribution is 2.35. The van der Waals surface area contributed by atoms with Crippen molar-refractivity contribution >= 4 is 11.9 Å². The minimum absolute atomic E-state index is 0.0956. The van der Waals surface area contributed by atoms with Crippen LogP contribution in [0.2, 0.25) is 0 Å². The molecule has 150 valence electrons. The average molecular weight is 388 g/mol. The number of ether oxygens (including phenoxy) is 4. The Balaban J connectivity index is 1.81. The van der Waals surface area contributed by atoms with Gasteiger partial charge in [0, 0.05) is 18.3 Å². The molecule has 3 rings (SSSR count). The van der Waals surface area contributed by atoms with E-state index in [1.54, 1.807) is 45.9 Å². The predicted molar refractivity (Wildman–Crippen MR) is 99.4 cm³/mol. The molecule has 1 aromatic heterocycles. The lowest BCUT2D eigenvalue weighted by Crippen LogP contribution is -2.24. The lowest BCUT2D eigenvalue weighted by molar-refractivity contribution is -0.145. The van der Waals surface area contributed by atoms with Crippen molar-refractivity contribution in [1.29, 1.82) is 0 Å². The maximum Gasteiger partial charge on any atom is 0.374 e. The summed E-state index contributed by atoms with van der Waals surface area (Å²) in [5, 5.41) is 0. The van der Waals surface area contributed by atoms with E-state index in [9.17, 15) is 9.59 Å². The normalized spacial score (nSPS) is 13.9. The minimum Gasteiger partial charge on any atom is -0.466 e. The molecule has 8 nitrogen and oxygen atoms in total. The molecule has 0 bridgehead atoms. The van der Waals surface area contributed by atoms with Gasteiger partial charge in [-0.25, -0.2) is 9.78 Å². The molecule has 0 spiro atoms. The van der Waals surface area contributed by atoms with E-state index in [0.717, 1.165) is 5.56 Å². The van der Waals surface area contributed by atoms with Crippen LogP contribution in [-0.2, 0) is 20.7 Å². The Morgan fingerprint density at radius 2 is 2.00 bits per heavy atom. The second-order valence-electron chi connectivity index (χ2n) is 7.38.